The molecule has 0 spiro atoms. The van der Waals surface area contributed by atoms with Crippen molar-refractivity contribution < 1.29 is 9.90 Å². The Hall–Kier alpha value is -1.88. The van der Waals surface area contributed by atoms with Crippen LogP contribution in [0.5, 0.6) is 0 Å². The van der Waals surface area contributed by atoms with Gasteiger partial charge in [0.2, 0.25) is 0 Å². The van der Waals surface area contributed by atoms with Gasteiger partial charge in [0.15, 0.2) is 0 Å². The molecule has 0 radical (unpaired) electrons. The topological polar surface area (TPSA) is 80.6 Å². The first kappa shape index (κ1) is 9.67. The van der Waals surface area contributed by atoms with Gasteiger partial charge in [-0.25, -0.2) is 4.98 Å². The Bertz CT molecular complexity index is 459. The largest absolute Gasteiger partial charge is 0.480 e. The van der Waals surface area contributed by atoms with Crippen molar-refractivity contribution in [2.45, 2.75) is 12.5 Å². The Kier molecular flexibility index (Phi) is 2.39. The second kappa shape index (κ2) is 3.70. The van der Waals surface area contributed by atoms with Gasteiger partial charge >= 0.3 is 5.97 Å². The molecule has 0 amide bonds. The Morgan fingerprint density at radius 3 is 3.07 bits per heavy atom. The number of rotatable bonds is 3. The molecule has 2 aromatic rings. The lowest BCUT2D eigenvalue weighted by molar-refractivity contribution is -0.138. The molecule has 0 fully saturated rings. The number of nitrogens with two attached hydrogens (primary N) is 1. The molecule has 0 unspecified atom stereocenters. The standard InChI is InChI=1S/C10H11N3O2/c11-8(10(14)15)5-7-6-13-4-2-1-3-9(13)12-7/h1-4,6,8H,5,11H2,(H,14,15)/t8-/m1/s1. The molecule has 0 aliphatic rings. The molecule has 78 valence electrons. The fourth-order valence-corrected chi connectivity index (χ4v) is 1.40. The highest BCUT2D eigenvalue weighted by molar-refractivity contribution is 5.73. The summed E-state index contributed by atoms with van der Waals surface area (Å²) in [5.74, 6) is -1.01. The first-order valence-corrected chi connectivity index (χ1v) is 4.58. The van der Waals surface area contributed by atoms with Gasteiger partial charge in [0, 0.05) is 18.8 Å². The average Bonchev–Trinajstić information content (AvgIpc) is 2.59. The SMILES string of the molecule is N[C@H](Cc1cn2ccccc2n1)C(=O)O. The van der Waals surface area contributed by atoms with E-state index >= 15 is 0 Å². The fraction of sp³-hybridized carbons (Fsp3) is 0.200. The van der Waals surface area contributed by atoms with Crippen LogP contribution in [0.15, 0.2) is 30.6 Å². The molecule has 0 aliphatic carbocycles. The van der Waals surface area contributed by atoms with Gasteiger partial charge in [-0.3, -0.25) is 4.79 Å². The second-order valence-electron chi connectivity index (χ2n) is 3.35. The molecule has 0 saturated carbocycles. The zero-order valence-electron chi connectivity index (χ0n) is 8.00. The van der Waals surface area contributed by atoms with E-state index < -0.39 is 12.0 Å². The molecule has 3 N–H and O–H groups in total. The van der Waals surface area contributed by atoms with Crippen LogP contribution in [0.3, 0.4) is 0 Å². The molecule has 2 heterocycles. The summed E-state index contributed by atoms with van der Waals surface area (Å²) < 4.78 is 1.84. The zero-order valence-corrected chi connectivity index (χ0v) is 8.00. The molecular formula is C10H11N3O2. The van der Waals surface area contributed by atoms with Gasteiger partial charge in [-0.05, 0) is 12.1 Å². The summed E-state index contributed by atoms with van der Waals surface area (Å²) in [4.78, 5) is 14.8. The van der Waals surface area contributed by atoms with Crippen molar-refractivity contribution in [3.05, 3.63) is 36.3 Å². The van der Waals surface area contributed by atoms with Crippen LogP contribution in [0.2, 0.25) is 0 Å². The van der Waals surface area contributed by atoms with Crippen molar-refractivity contribution >= 4 is 11.6 Å². The minimum atomic E-state index is -1.01. The summed E-state index contributed by atoms with van der Waals surface area (Å²) >= 11 is 0. The quantitative estimate of drug-likeness (QED) is 0.754. The Morgan fingerprint density at radius 2 is 2.40 bits per heavy atom. The number of pyridine rings is 1. The van der Waals surface area contributed by atoms with E-state index in [0.29, 0.717) is 5.69 Å². The molecule has 1 atom stereocenters. The molecule has 5 nitrogen and oxygen atoms in total. The summed E-state index contributed by atoms with van der Waals surface area (Å²) in [6.45, 7) is 0. The van der Waals surface area contributed by atoms with Gasteiger partial charge in [0.1, 0.15) is 11.7 Å². The molecular weight excluding hydrogens is 194 g/mol. The Morgan fingerprint density at radius 1 is 1.60 bits per heavy atom. The van der Waals surface area contributed by atoms with Gasteiger partial charge in [-0.15, -0.1) is 0 Å². The number of hydrogen-bond acceptors (Lipinski definition) is 3. The second-order valence-corrected chi connectivity index (χ2v) is 3.35. The molecule has 15 heavy (non-hydrogen) atoms. The summed E-state index contributed by atoms with van der Waals surface area (Å²) in [6.07, 6.45) is 3.90. The van der Waals surface area contributed by atoms with E-state index in [0.717, 1.165) is 5.65 Å². The number of fused-ring (bicyclic) bond motifs is 1. The predicted molar refractivity (Wildman–Crippen MR) is 54.5 cm³/mol. The number of carboxylic acid groups (broad SMARTS) is 1. The molecule has 0 bridgehead atoms. The van der Waals surface area contributed by atoms with Crippen LogP contribution in [-0.2, 0) is 11.2 Å². The maximum absolute atomic E-state index is 10.6. The van der Waals surface area contributed by atoms with Gasteiger partial charge in [0.25, 0.3) is 0 Å². The number of imidazole rings is 1. The lowest BCUT2D eigenvalue weighted by Crippen LogP contribution is -2.32. The molecule has 5 heteroatoms. The van der Waals surface area contributed by atoms with E-state index in [1.807, 2.05) is 28.8 Å². The number of hydrogen-bond donors (Lipinski definition) is 2. The average molecular weight is 205 g/mol. The van der Waals surface area contributed by atoms with Crippen LogP contribution in [0.25, 0.3) is 5.65 Å². The smallest absolute Gasteiger partial charge is 0.320 e. The first-order valence-electron chi connectivity index (χ1n) is 4.58. The van der Waals surface area contributed by atoms with E-state index in [1.165, 1.54) is 0 Å². The predicted octanol–water partition coefficient (Wildman–Crippen LogP) is 0.289. The molecule has 2 rings (SSSR count). The normalized spacial score (nSPS) is 12.9. The monoisotopic (exact) mass is 205 g/mol. The fourth-order valence-electron chi connectivity index (χ4n) is 1.40. The number of aliphatic carboxylic acids is 1. The van der Waals surface area contributed by atoms with Crippen LogP contribution in [0, 0.1) is 0 Å². The third kappa shape index (κ3) is 1.97. The van der Waals surface area contributed by atoms with Crippen molar-refractivity contribution in [3.63, 3.8) is 0 Å². The van der Waals surface area contributed by atoms with Crippen molar-refractivity contribution in [2.75, 3.05) is 0 Å². The lowest BCUT2D eigenvalue weighted by atomic mass is 10.2. The van der Waals surface area contributed by atoms with Gasteiger partial charge in [-0.2, -0.15) is 0 Å². The van der Waals surface area contributed by atoms with Gasteiger partial charge < -0.3 is 15.2 Å². The first-order chi connectivity index (χ1) is 7.16. The van der Waals surface area contributed by atoms with Crippen molar-refractivity contribution in [3.8, 4) is 0 Å². The van der Waals surface area contributed by atoms with Crippen molar-refractivity contribution in [2.24, 2.45) is 5.73 Å². The third-order valence-electron chi connectivity index (χ3n) is 2.16. The molecule has 0 aromatic carbocycles. The summed E-state index contributed by atoms with van der Waals surface area (Å²) in [6, 6.07) is 4.73. The van der Waals surface area contributed by atoms with Crippen LogP contribution in [0.4, 0.5) is 0 Å². The number of nitrogens with zero attached hydrogens (tertiary/aromatic N) is 2. The number of carboxylic acids is 1. The van der Waals surface area contributed by atoms with Crippen molar-refractivity contribution in [1.82, 2.24) is 9.38 Å². The number of carbonyl (C=O) groups is 1. The minimum absolute atomic E-state index is 0.247. The van der Waals surface area contributed by atoms with Crippen LogP contribution >= 0.6 is 0 Å². The van der Waals surface area contributed by atoms with E-state index in [-0.39, 0.29) is 6.42 Å². The highest BCUT2D eigenvalue weighted by atomic mass is 16.4. The summed E-state index contributed by atoms with van der Waals surface area (Å²) in [7, 11) is 0. The maximum atomic E-state index is 10.6. The van der Waals surface area contributed by atoms with Gasteiger partial charge in [0.05, 0.1) is 5.69 Å². The van der Waals surface area contributed by atoms with E-state index in [4.69, 9.17) is 10.8 Å². The van der Waals surface area contributed by atoms with Crippen LogP contribution in [-0.4, -0.2) is 26.5 Å². The summed E-state index contributed by atoms with van der Waals surface area (Å²) in [5, 5.41) is 8.66. The highest BCUT2D eigenvalue weighted by Gasteiger charge is 2.13. The maximum Gasteiger partial charge on any atom is 0.320 e. The van der Waals surface area contributed by atoms with Crippen molar-refractivity contribution in [1.29, 1.82) is 0 Å². The molecule has 0 aliphatic heterocycles. The highest BCUT2D eigenvalue weighted by Crippen LogP contribution is 2.06. The van der Waals surface area contributed by atoms with E-state index in [9.17, 15) is 4.79 Å². The summed E-state index contributed by atoms with van der Waals surface area (Å²) in [5.41, 5.74) is 6.91. The van der Waals surface area contributed by atoms with E-state index in [2.05, 4.69) is 4.98 Å². The lowest BCUT2D eigenvalue weighted by Gasteiger charge is -2.01. The van der Waals surface area contributed by atoms with Gasteiger partial charge in [-0.1, -0.05) is 6.07 Å². The number of aromatic nitrogens is 2. The Balaban J connectivity index is 2.26. The minimum Gasteiger partial charge on any atom is -0.480 e. The van der Waals surface area contributed by atoms with Crippen LogP contribution < -0.4 is 5.73 Å². The third-order valence-corrected chi connectivity index (χ3v) is 2.16. The molecule has 0 saturated heterocycles. The molecule has 2 aromatic heterocycles. The van der Waals surface area contributed by atoms with Crippen LogP contribution in [0.1, 0.15) is 5.69 Å². The zero-order chi connectivity index (χ0) is 10.8. The Labute approximate surface area is 86.2 Å². The van der Waals surface area contributed by atoms with E-state index in [1.54, 1.807) is 6.20 Å².